The van der Waals surface area contributed by atoms with Gasteiger partial charge in [-0.2, -0.15) is 13.2 Å². The van der Waals surface area contributed by atoms with Crippen LogP contribution in [0, 0.1) is 10.1 Å². The summed E-state index contributed by atoms with van der Waals surface area (Å²) in [5, 5.41) is 19.6. The van der Waals surface area contributed by atoms with Crippen molar-refractivity contribution < 1.29 is 23.2 Å². The van der Waals surface area contributed by atoms with Gasteiger partial charge < -0.3 is 5.11 Å². The zero-order valence-electron chi connectivity index (χ0n) is 10.2. The maximum Gasteiger partial charge on any atom is 0.401 e. The molecule has 0 amide bonds. The first-order valence-electron chi connectivity index (χ1n) is 5.56. The molecule has 0 aromatic heterocycles. The number of rotatable bonds is 6. The summed E-state index contributed by atoms with van der Waals surface area (Å²) < 4.78 is 37.3. The van der Waals surface area contributed by atoms with Crippen molar-refractivity contribution in [2.24, 2.45) is 0 Å². The second kappa shape index (κ2) is 7.00. The maximum absolute atomic E-state index is 12.4. The Morgan fingerprint density at radius 1 is 1.40 bits per heavy atom. The summed E-state index contributed by atoms with van der Waals surface area (Å²) in [6.07, 6.45) is -4.40. The monoisotopic (exact) mass is 356 g/mol. The van der Waals surface area contributed by atoms with Crippen molar-refractivity contribution in [3.8, 4) is 0 Å². The molecule has 1 rings (SSSR count). The molecule has 1 N–H and O–H groups in total. The van der Waals surface area contributed by atoms with Crippen molar-refractivity contribution >= 4 is 21.6 Å². The number of benzene rings is 1. The lowest BCUT2D eigenvalue weighted by molar-refractivity contribution is -0.385. The van der Waals surface area contributed by atoms with E-state index in [1.807, 2.05) is 0 Å². The van der Waals surface area contributed by atoms with Crippen molar-refractivity contribution in [1.29, 1.82) is 0 Å². The van der Waals surface area contributed by atoms with Crippen molar-refractivity contribution in [2.45, 2.75) is 12.7 Å². The van der Waals surface area contributed by atoms with Gasteiger partial charge in [0, 0.05) is 19.2 Å². The van der Waals surface area contributed by atoms with E-state index in [-0.39, 0.29) is 23.2 Å². The predicted octanol–water partition coefficient (Wildman–Crippen LogP) is 2.71. The van der Waals surface area contributed by atoms with Gasteiger partial charge in [-0.25, -0.2) is 0 Å². The highest BCUT2D eigenvalue weighted by molar-refractivity contribution is 9.10. The highest BCUT2D eigenvalue weighted by Gasteiger charge is 2.31. The number of hydrogen-bond donors (Lipinski definition) is 1. The highest BCUT2D eigenvalue weighted by atomic mass is 79.9. The Bertz CT molecular complexity index is 482. The van der Waals surface area contributed by atoms with Gasteiger partial charge in [0.05, 0.1) is 22.5 Å². The Morgan fingerprint density at radius 2 is 2.05 bits per heavy atom. The minimum absolute atomic E-state index is 0.148. The van der Waals surface area contributed by atoms with Crippen molar-refractivity contribution in [1.82, 2.24) is 4.90 Å². The van der Waals surface area contributed by atoms with Crippen LogP contribution in [-0.2, 0) is 6.54 Å². The van der Waals surface area contributed by atoms with E-state index in [4.69, 9.17) is 5.11 Å². The predicted molar refractivity (Wildman–Crippen MR) is 69.2 cm³/mol. The molecule has 0 fully saturated rings. The Labute approximate surface area is 121 Å². The quantitative estimate of drug-likeness (QED) is 0.628. The van der Waals surface area contributed by atoms with E-state index in [1.165, 1.54) is 18.2 Å². The molecule has 0 saturated heterocycles. The molecule has 0 aliphatic carbocycles. The Morgan fingerprint density at radius 3 is 2.55 bits per heavy atom. The molecule has 0 saturated carbocycles. The van der Waals surface area contributed by atoms with Crippen LogP contribution in [0.15, 0.2) is 22.7 Å². The van der Waals surface area contributed by atoms with Gasteiger partial charge in [0.2, 0.25) is 0 Å². The summed E-state index contributed by atoms with van der Waals surface area (Å²) in [6, 6.07) is 4.16. The van der Waals surface area contributed by atoms with Gasteiger partial charge >= 0.3 is 6.18 Å². The average molecular weight is 357 g/mol. The lowest BCUT2D eigenvalue weighted by Gasteiger charge is -2.23. The largest absolute Gasteiger partial charge is 0.401 e. The Balaban J connectivity index is 2.94. The molecule has 0 spiro atoms. The number of nitro groups is 1. The summed E-state index contributed by atoms with van der Waals surface area (Å²) in [4.78, 5) is 11.1. The normalized spacial score (nSPS) is 11.9. The first-order valence-corrected chi connectivity index (χ1v) is 6.35. The fourth-order valence-corrected chi connectivity index (χ4v) is 2.21. The van der Waals surface area contributed by atoms with Crippen molar-refractivity contribution in [3.05, 3.63) is 38.3 Å². The third kappa shape index (κ3) is 5.06. The topological polar surface area (TPSA) is 66.6 Å². The van der Waals surface area contributed by atoms with E-state index in [1.54, 1.807) is 0 Å². The van der Waals surface area contributed by atoms with E-state index in [2.05, 4.69) is 15.9 Å². The van der Waals surface area contributed by atoms with Gasteiger partial charge in [0.25, 0.3) is 5.69 Å². The summed E-state index contributed by atoms with van der Waals surface area (Å²) in [5.41, 5.74) is 0.148. The second-order valence-corrected chi connectivity index (χ2v) is 4.85. The molecule has 1 aromatic rings. The molecule has 0 radical (unpaired) electrons. The number of hydrogen-bond acceptors (Lipinski definition) is 4. The van der Waals surface area contributed by atoms with E-state index >= 15 is 0 Å². The van der Waals surface area contributed by atoms with Crippen LogP contribution in [0.25, 0.3) is 0 Å². The Kier molecular flexibility index (Phi) is 5.90. The molecule has 0 aliphatic heterocycles. The second-order valence-electron chi connectivity index (χ2n) is 4.06. The summed E-state index contributed by atoms with van der Waals surface area (Å²) in [6.45, 7) is -1.94. The summed E-state index contributed by atoms with van der Waals surface area (Å²) in [5.74, 6) is 0. The summed E-state index contributed by atoms with van der Waals surface area (Å²) in [7, 11) is 0. The number of halogens is 4. The van der Waals surface area contributed by atoms with Crippen LogP contribution in [0.3, 0.4) is 0 Å². The smallest absolute Gasteiger partial charge is 0.395 e. The molecule has 112 valence electrons. The van der Waals surface area contributed by atoms with Crippen LogP contribution in [0.1, 0.15) is 5.56 Å². The van der Waals surface area contributed by atoms with Gasteiger partial charge in [-0.3, -0.25) is 15.0 Å². The fourth-order valence-electron chi connectivity index (χ4n) is 1.68. The molecule has 0 atom stereocenters. The molecule has 5 nitrogen and oxygen atoms in total. The van der Waals surface area contributed by atoms with Crippen LogP contribution >= 0.6 is 15.9 Å². The van der Waals surface area contributed by atoms with Crippen LogP contribution in [-0.4, -0.2) is 40.8 Å². The van der Waals surface area contributed by atoms with E-state index in [9.17, 15) is 23.3 Å². The first kappa shape index (κ1) is 16.9. The van der Waals surface area contributed by atoms with Gasteiger partial charge in [0.1, 0.15) is 0 Å². The molecule has 9 heteroatoms. The molecular formula is C11H12BrF3N2O3. The number of nitrogens with zero attached hydrogens (tertiary/aromatic N) is 2. The van der Waals surface area contributed by atoms with Crippen molar-refractivity contribution in [2.75, 3.05) is 19.7 Å². The molecule has 20 heavy (non-hydrogen) atoms. The zero-order chi connectivity index (χ0) is 15.3. The van der Waals surface area contributed by atoms with Crippen LogP contribution in [0.5, 0.6) is 0 Å². The minimum atomic E-state index is -4.40. The zero-order valence-corrected chi connectivity index (χ0v) is 11.8. The van der Waals surface area contributed by atoms with E-state index in [0.29, 0.717) is 5.56 Å². The number of nitro benzene ring substituents is 1. The molecule has 0 aliphatic rings. The molecule has 1 aromatic carbocycles. The highest BCUT2D eigenvalue weighted by Crippen LogP contribution is 2.29. The fraction of sp³-hybridized carbons (Fsp3) is 0.455. The lowest BCUT2D eigenvalue weighted by Crippen LogP contribution is -2.35. The Hall–Kier alpha value is -1.19. The standard InChI is InChI=1S/C11H12BrF3N2O3/c12-10-8(2-1-3-9(10)17(19)20)6-16(4-5-18)7-11(13,14)15/h1-3,18H,4-7H2. The lowest BCUT2D eigenvalue weighted by atomic mass is 10.2. The van der Waals surface area contributed by atoms with Gasteiger partial charge in [-0.15, -0.1) is 0 Å². The minimum Gasteiger partial charge on any atom is -0.395 e. The third-order valence-electron chi connectivity index (χ3n) is 2.47. The van der Waals surface area contributed by atoms with Gasteiger partial charge in [-0.05, 0) is 21.5 Å². The molecular weight excluding hydrogens is 345 g/mol. The van der Waals surface area contributed by atoms with Crippen LogP contribution in [0.4, 0.5) is 18.9 Å². The molecule has 0 heterocycles. The van der Waals surface area contributed by atoms with Crippen LogP contribution in [0.2, 0.25) is 0 Å². The number of alkyl halides is 3. The molecule has 0 bridgehead atoms. The summed E-state index contributed by atoms with van der Waals surface area (Å²) >= 11 is 3.03. The first-order chi connectivity index (χ1) is 9.24. The van der Waals surface area contributed by atoms with E-state index in [0.717, 1.165) is 4.90 Å². The average Bonchev–Trinajstić information content (AvgIpc) is 2.29. The number of aliphatic hydroxyl groups excluding tert-OH is 1. The van der Waals surface area contributed by atoms with Crippen LogP contribution < -0.4 is 0 Å². The third-order valence-corrected chi connectivity index (χ3v) is 3.38. The van der Waals surface area contributed by atoms with Gasteiger partial charge in [0.15, 0.2) is 0 Å². The SMILES string of the molecule is O=[N+]([O-])c1cccc(CN(CCO)CC(F)(F)F)c1Br. The number of aliphatic hydroxyl groups is 1. The molecule has 0 unspecified atom stereocenters. The van der Waals surface area contributed by atoms with E-state index < -0.39 is 24.3 Å². The maximum atomic E-state index is 12.4. The van der Waals surface area contributed by atoms with Gasteiger partial charge in [-0.1, -0.05) is 12.1 Å². The van der Waals surface area contributed by atoms with Crippen molar-refractivity contribution in [3.63, 3.8) is 0 Å².